The third kappa shape index (κ3) is 1.81. The summed E-state index contributed by atoms with van der Waals surface area (Å²) in [4.78, 5) is 4.17. The van der Waals surface area contributed by atoms with Crippen molar-refractivity contribution in [1.29, 1.82) is 0 Å². The van der Waals surface area contributed by atoms with Gasteiger partial charge in [0.15, 0.2) is 5.13 Å². The largest absolute Gasteiger partial charge is 0.361 e. The summed E-state index contributed by atoms with van der Waals surface area (Å²) >= 11 is 7.32. The minimum Gasteiger partial charge on any atom is -0.361 e. The summed E-state index contributed by atoms with van der Waals surface area (Å²) in [7, 11) is 0. The third-order valence-electron chi connectivity index (χ3n) is 2.94. The number of nitrogens with one attached hydrogen (secondary N) is 1. The Morgan fingerprint density at radius 3 is 3.06 bits per heavy atom. The first-order valence-corrected chi connectivity index (χ1v) is 6.51. The van der Waals surface area contributed by atoms with Crippen LogP contribution in [-0.4, -0.2) is 11.5 Å². The molecule has 3 rings (SSSR count). The van der Waals surface area contributed by atoms with Gasteiger partial charge < -0.3 is 5.32 Å². The Bertz CT molecular complexity index is 509. The smallest absolute Gasteiger partial charge is 0.184 e. The van der Waals surface area contributed by atoms with Gasteiger partial charge in [-0.25, -0.2) is 4.98 Å². The SMILES string of the molecule is Clc1csc(NCC2Cc3ccccc32)n1. The number of fused-ring (bicyclic) bond motifs is 1. The molecule has 2 aromatic rings. The van der Waals surface area contributed by atoms with E-state index in [0.717, 1.165) is 11.7 Å². The standard InChI is InChI=1S/C12H11ClN2S/c13-11-7-16-12(15-11)14-6-9-5-8-3-1-2-4-10(8)9/h1-4,7,9H,5-6H2,(H,14,15). The van der Waals surface area contributed by atoms with E-state index >= 15 is 0 Å². The predicted molar refractivity (Wildman–Crippen MR) is 68.5 cm³/mol. The summed E-state index contributed by atoms with van der Waals surface area (Å²) in [5, 5.41) is 6.66. The fourth-order valence-corrected chi connectivity index (χ4v) is 2.94. The van der Waals surface area contributed by atoms with Gasteiger partial charge in [-0.05, 0) is 17.5 Å². The molecule has 1 heterocycles. The molecule has 1 unspecified atom stereocenters. The van der Waals surface area contributed by atoms with E-state index in [-0.39, 0.29) is 0 Å². The summed E-state index contributed by atoms with van der Waals surface area (Å²) < 4.78 is 0. The highest BCUT2D eigenvalue weighted by Crippen LogP contribution is 2.35. The quantitative estimate of drug-likeness (QED) is 0.901. The van der Waals surface area contributed by atoms with E-state index in [1.54, 1.807) is 11.3 Å². The molecule has 4 heteroatoms. The topological polar surface area (TPSA) is 24.9 Å². The minimum absolute atomic E-state index is 0.571. The molecule has 1 aliphatic rings. The van der Waals surface area contributed by atoms with Crippen LogP contribution in [0.15, 0.2) is 29.6 Å². The molecule has 0 aliphatic heterocycles. The molecule has 2 nitrogen and oxygen atoms in total. The summed E-state index contributed by atoms with van der Waals surface area (Å²) in [5.74, 6) is 0.624. The van der Waals surface area contributed by atoms with Gasteiger partial charge in [0.2, 0.25) is 0 Å². The maximum atomic E-state index is 5.76. The molecule has 1 aliphatic carbocycles. The van der Waals surface area contributed by atoms with E-state index in [2.05, 4.69) is 34.6 Å². The first-order chi connectivity index (χ1) is 7.83. The van der Waals surface area contributed by atoms with Crippen molar-refractivity contribution in [2.24, 2.45) is 0 Å². The summed E-state index contributed by atoms with van der Waals surface area (Å²) in [6, 6.07) is 8.61. The molecule has 0 saturated carbocycles. The molecular weight excluding hydrogens is 240 g/mol. The lowest BCUT2D eigenvalue weighted by atomic mass is 9.78. The molecule has 0 amide bonds. The van der Waals surface area contributed by atoms with Crippen LogP contribution in [0.25, 0.3) is 0 Å². The molecule has 16 heavy (non-hydrogen) atoms. The van der Waals surface area contributed by atoms with Crippen molar-refractivity contribution in [3.05, 3.63) is 45.9 Å². The summed E-state index contributed by atoms with van der Waals surface area (Å²) in [6.45, 7) is 0.945. The van der Waals surface area contributed by atoms with Crippen molar-refractivity contribution >= 4 is 28.1 Å². The van der Waals surface area contributed by atoms with E-state index in [1.165, 1.54) is 17.5 Å². The second kappa shape index (κ2) is 4.07. The molecule has 0 fully saturated rings. The van der Waals surface area contributed by atoms with Crippen LogP contribution in [0.5, 0.6) is 0 Å². The first-order valence-electron chi connectivity index (χ1n) is 5.25. The van der Waals surface area contributed by atoms with E-state index in [9.17, 15) is 0 Å². The molecule has 1 aromatic carbocycles. The van der Waals surface area contributed by atoms with Crippen LogP contribution < -0.4 is 5.32 Å². The van der Waals surface area contributed by atoms with Gasteiger partial charge in [0.1, 0.15) is 5.15 Å². The number of thiazole rings is 1. The Morgan fingerprint density at radius 2 is 2.31 bits per heavy atom. The number of hydrogen-bond acceptors (Lipinski definition) is 3. The van der Waals surface area contributed by atoms with Crippen LogP contribution in [0, 0.1) is 0 Å². The molecular formula is C12H11ClN2S. The Morgan fingerprint density at radius 1 is 1.44 bits per heavy atom. The van der Waals surface area contributed by atoms with E-state index in [1.807, 2.05) is 5.38 Å². The van der Waals surface area contributed by atoms with Crippen LogP contribution >= 0.6 is 22.9 Å². The highest BCUT2D eigenvalue weighted by atomic mass is 35.5. The highest BCUT2D eigenvalue weighted by molar-refractivity contribution is 7.14. The predicted octanol–water partition coefficient (Wildman–Crippen LogP) is 3.55. The number of halogens is 1. The molecule has 1 aromatic heterocycles. The maximum Gasteiger partial charge on any atom is 0.184 e. The van der Waals surface area contributed by atoms with E-state index in [0.29, 0.717) is 11.1 Å². The van der Waals surface area contributed by atoms with Crippen molar-refractivity contribution in [2.75, 3.05) is 11.9 Å². The highest BCUT2D eigenvalue weighted by Gasteiger charge is 2.24. The van der Waals surface area contributed by atoms with Crippen molar-refractivity contribution in [3.63, 3.8) is 0 Å². The van der Waals surface area contributed by atoms with Gasteiger partial charge in [0, 0.05) is 17.8 Å². The average Bonchev–Trinajstić information content (AvgIpc) is 2.66. The minimum atomic E-state index is 0.571. The zero-order valence-corrected chi connectivity index (χ0v) is 10.2. The van der Waals surface area contributed by atoms with Gasteiger partial charge in [-0.1, -0.05) is 35.9 Å². The zero-order valence-electron chi connectivity index (χ0n) is 8.61. The lowest BCUT2D eigenvalue weighted by Crippen LogP contribution is -2.24. The number of anilines is 1. The van der Waals surface area contributed by atoms with Crippen molar-refractivity contribution in [1.82, 2.24) is 4.98 Å². The fraction of sp³-hybridized carbons (Fsp3) is 0.250. The van der Waals surface area contributed by atoms with Crippen molar-refractivity contribution < 1.29 is 0 Å². The van der Waals surface area contributed by atoms with Crippen LogP contribution in [0.1, 0.15) is 17.0 Å². The van der Waals surface area contributed by atoms with Gasteiger partial charge >= 0.3 is 0 Å². The monoisotopic (exact) mass is 250 g/mol. The van der Waals surface area contributed by atoms with Crippen LogP contribution in [0.2, 0.25) is 5.15 Å². The number of aromatic nitrogens is 1. The van der Waals surface area contributed by atoms with Gasteiger partial charge in [0.25, 0.3) is 0 Å². The Labute approximate surface area is 103 Å². The average molecular weight is 251 g/mol. The first kappa shape index (κ1) is 10.1. The summed E-state index contributed by atoms with van der Waals surface area (Å²) in [6.07, 6.45) is 1.17. The van der Waals surface area contributed by atoms with E-state index < -0.39 is 0 Å². The normalized spacial score (nSPS) is 17.7. The van der Waals surface area contributed by atoms with Crippen LogP contribution in [0.3, 0.4) is 0 Å². The lowest BCUT2D eigenvalue weighted by Gasteiger charge is -2.30. The Balaban J connectivity index is 1.63. The van der Waals surface area contributed by atoms with Gasteiger partial charge in [-0.2, -0.15) is 0 Å². The van der Waals surface area contributed by atoms with Crippen LogP contribution in [-0.2, 0) is 6.42 Å². The number of nitrogens with zero attached hydrogens (tertiary/aromatic N) is 1. The fourth-order valence-electron chi connectivity index (χ4n) is 2.09. The number of benzene rings is 1. The maximum absolute atomic E-state index is 5.76. The Hall–Kier alpha value is -1.06. The number of rotatable bonds is 3. The lowest BCUT2D eigenvalue weighted by molar-refractivity contribution is 0.635. The van der Waals surface area contributed by atoms with Crippen molar-refractivity contribution in [3.8, 4) is 0 Å². The number of hydrogen-bond donors (Lipinski definition) is 1. The van der Waals surface area contributed by atoms with Gasteiger partial charge in [-0.3, -0.25) is 0 Å². The second-order valence-electron chi connectivity index (χ2n) is 3.96. The zero-order chi connectivity index (χ0) is 11.0. The second-order valence-corrected chi connectivity index (χ2v) is 5.20. The third-order valence-corrected chi connectivity index (χ3v) is 4.06. The van der Waals surface area contributed by atoms with Gasteiger partial charge in [0.05, 0.1) is 0 Å². The molecule has 0 bridgehead atoms. The molecule has 1 N–H and O–H groups in total. The van der Waals surface area contributed by atoms with Crippen LogP contribution in [0.4, 0.5) is 5.13 Å². The molecule has 0 radical (unpaired) electrons. The molecule has 0 spiro atoms. The summed E-state index contributed by atoms with van der Waals surface area (Å²) in [5.41, 5.74) is 2.95. The molecule has 82 valence electrons. The van der Waals surface area contributed by atoms with E-state index in [4.69, 9.17) is 11.6 Å². The molecule has 1 atom stereocenters. The molecule has 0 saturated heterocycles. The Kier molecular flexibility index (Phi) is 2.58. The van der Waals surface area contributed by atoms with Gasteiger partial charge in [-0.15, -0.1) is 11.3 Å². The van der Waals surface area contributed by atoms with Crippen molar-refractivity contribution in [2.45, 2.75) is 12.3 Å².